The first kappa shape index (κ1) is 34.6. The number of amides is 3. The predicted molar refractivity (Wildman–Crippen MR) is 164 cm³/mol. The number of benzene rings is 1. The summed E-state index contributed by atoms with van der Waals surface area (Å²) in [6, 6.07) is 6.46. The molecule has 4 rings (SSSR count). The molecule has 3 amide bonds. The summed E-state index contributed by atoms with van der Waals surface area (Å²) in [5.41, 5.74) is -1.35. The number of carbonyl (C=O) groups excluding carboxylic acids is 5. The van der Waals surface area contributed by atoms with Crippen LogP contribution >= 0.6 is 23.1 Å². The van der Waals surface area contributed by atoms with Crippen molar-refractivity contribution in [2.24, 2.45) is 5.16 Å². The highest BCUT2D eigenvalue weighted by Gasteiger charge is 2.57. The summed E-state index contributed by atoms with van der Waals surface area (Å²) in [6.07, 6.45) is -2.41. The van der Waals surface area contributed by atoms with Gasteiger partial charge in [-0.3, -0.25) is 24.0 Å². The van der Waals surface area contributed by atoms with Gasteiger partial charge in [0, 0.05) is 23.0 Å². The largest absolute Gasteiger partial charge is 0.540 e. The zero-order chi connectivity index (χ0) is 33.8. The Labute approximate surface area is 275 Å². The van der Waals surface area contributed by atoms with Crippen LogP contribution in [-0.4, -0.2) is 98.8 Å². The van der Waals surface area contributed by atoms with Gasteiger partial charge in [-0.25, -0.2) is 14.4 Å². The second kappa shape index (κ2) is 14.4. The van der Waals surface area contributed by atoms with Crippen LogP contribution in [0.2, 0.25) is 0 Å². The molecule has 238 valence electrons. The van der Waals surface area contributed by atoms with E-state index in [4.69, 9.17) is 37.3 Å². The maximum atomic E-state index is 13.6. The summed E-state index contributed by atoms with van der Waals surface area (Å²) in [6.45, 7) is 4.95. The molecule has 46 heavy (non-hydrogen) atoms. The molecule has 1 fully saturated rings. The lowest BCUT2D eigenvalue weighted by Gasteiger charge is -2.49. The van der Waals surface area contributed by atoms with E-state index in [1.54, 1.807) is 39.0 Å². The van der Waals surface area contributed by atoms with Crippen molar-refractivity contribution in [3.05, 3.63) is 53.0 Å². The minimum Gasteiger partial charge on any atom is -0.540 e. The number of oxime groups is 1. The molecule has 21 heteroatoms. The van der Waals surface area contributed by atoms with Gasteiger partial charge in [0.15, 0.2) is 0 Å². The van der Waals surface area contributed by atoms with Gasteiger partial charge in [-0.1, -0.05) is 35.5 Å². The van der Waals surface area contributed by atoms with E-state index in [1.807, 2.05) is 0 Å². The lowest BCUT2D eigenvalue weighted by molar-refractivity contribution is -0.149. The van der Waals surface area contributed by atoms with E-state index < -0.39 is 75.3 Å². The van der Waals surface area contributed by atoms with Gasteiger partial charge in [-0.15, -0.1) is 11.6 Å². The van der Waals surface area contributed by atoms with Crippen LogP contribution in [0, 0.1) is 0 Å². The van der Waals surface area contributed by atoms with Gasteiger partial charge in [0.2, 0.25) is 22.8 Å². The monoisotopic (exact) mass is 688 g/mol. The molecule has 0 spiro atoms. The molecular formula is C25H23B2ClN6O10S2. The summed E-state index contributed by atoms with van der Waals surface area (Å²) >= 11 is 6.54. The molecule has 3 heterocycles. The van der Waals surface area contributed by atoms with E-state index in [9.17, 15) is 28.2 Å². The fourth-order valence-corrected chi connectivity index (χ4v) is 6.76. The van der Waals surface area contributed by atoms with Crippen LogP contribution in [0.25, 0.3) is 0 Å². The van der Waals surface area contributed by atoms with Crippen LogP contribution in [0.3, 0.4) is 0 Å². The third-order valence-corrected chi connectivity index (χ3v) is 8.70. The third kappa shape index (κ3) is 7.56. The molecule has 1 unspecified atom stereocenters. The van der Waals surface area contributed by atoms with Crippen LogP contribution in [0.1, 0.15) is 38.3 Å². The van der Waals surface area contributed by atoms with Gasteiger partial charge >= 0.3 is 34.1 Å². The molecule has 1 aromatic heterocycles. The molecule has 4 atom stereocenters. The number of nitrogens with zero attached hydrogens (tertiary/aromatic N) is 4. The van der Waals surface area contributed by atoms with Crippen LogP contribution in [0.4, 0.5) is 9.93 Å². The number of anilines is 1. The Hall–Kier alpha value is -4.29. The lowest BCUT2D eigenvalue weighted by Crippen LogP contribution is -2.74. The Bertz CT molecular complexity index is 1630. The number of alkyl halides is 1. The zero-order valence-electron chi connectivity index (χ0n) is 24.3. The van der Waals surface area contributed by atoms with Gasteiger partial charge < -0.3 is 24.2 Å². The van der Waals surface area contributed by atoms with Crippen molar-refractivity contribution in [3.63, 3.8) is 0 Å². The van der Waals surface area contributed by atoms with E-state index >= 15 is 0 Å². The van der Waals surface area contributed by atoms with Crippen molar-refractivity contribution in [2.45, 2.75) is 43.9 Å². The van der Waals surface area contributed by atoms with Crippen molar-refractivity contribution < 1.29 is 47.1 Å². The van der Waals surface area contributed by atoms with Crippen LogP contribution in [-0.2, 0) is 48.9 Å². The second-order valence-electron chi connectivity index (χ2n) is 10.4. The maximum absolute atomic E-state index is 13.6. The Morgan fingerprint density at radius 1 is 1.20 bits per heavy atom. The summed E-state index contributed by atoms with van der Waals surface area (Å²) in [5, 5.41) is 7.26. The van der Waals surface area contributed by atoms with Crippen LogP contribution < -0.4 is 10.6 Å². The van der Waals surface area contributed by atoms with Gasteiger partial charge in [-0.2, -0.15) is 9.36 Å². The topological polar surface area (TPSA) is 205 Å². The molecule has 2 aliphatic rings. The fourth-order valence-electron chi connectivity index (χ4n) is 4.19. The minimum atomic E-state index is -1.81. The van der Waals surface area contributed by atoms with Crippen molar-refractivity contribution >= 4 is 90.7 Å². The number of aromatic nitrogens is 2. The lowest BCUT2D eigenvalue weighted by atomic mass is 10.0. The molecular weight excluding hydrogens is 666 g/mol. The van der Waals surface area contributed by atoms with E-state index in [2.05, 4.69) is 34.5 Å². The number of nitrogens with one attached hydrogen (secondary N) is 2. The molecule has 16 nitrogen and oxygen atoms in total. The number of rotatable bonds is 10. The van der Waals surface area contributed by atoms with Crippen LogP contribution in [0.15, 0.2) is 46.8 Å². The van der Waals surface area contributed by atoms with Crippen molar-refractivity contribution in [1.29, 1.82) is 0 Å². The van der Waals surface area contributed by atoms with Gasteiger partial charge in [0.05, 0.1) is 16.6 Å². The highest BCUT2D eigenvalue weighted by atomic mass is 35.5. The predicted octanol–water partition coefficient (Wildman–Crippen LogP) is 0.509. The van der Waals surface area contributed by atoms with Crippen LogP contribution in [0.5, 0.6) is 0 Å². The molecule has 1 saturated heterocycles. The quantitative estimate of drug-likeness (QED) is 0.115. The van der Waals surface area contributed by atoms with Gasteiger partial charge in [0.25, 0.3) is 11.8 Å². The highest BCUT2D eigenvalue weighted by molar-refractivity contribution is 7.86. The average molecular weight is 689 g/mol. The first-order valence-electron chi connectivity index (χ1n) is 13.0. The molecule has 2 N–H and O–H groups in total. The number of halogens is 1. The molecule has 2 aromatic rings. The van der Waals surface area contributed by atoms with E-state index in [0.717, 1.165) is 4.90 Å². The molecule has 0 saturated carbocycles. The van der Waals surface area contributed by atoms with Crippen molar-refractivity contribution in [1.82, 2.24) is 19.6 Å². The molecule has 1 aromatic carbocycles. The average Bonchev–Trinajstić information content (AvgIpc) is 3.47. The van der Waals surface area contributed by atoms with E-state index in [1.165, 1.54) is 12.1 Å². The first-order valence-corrected chi connectivity index (χ1v) is 15.7. The third-order valence-electron chi connectivity index (χ3n) is 6.10. The number of fused-ring (bicyclic) bond motifs is 1. The van der Waals surface area contributed by atoms with Crippen molar-refractivity contribution in [2.75, 3.05) is 16.9 Å². The van der Waals surface area contributed by atoms with Crippen molar-refractivity contribution in [3.8, 4) is 0 Å². The van der Waals surface area contributed by atoms with E-state index in [-0.39, 0.29) is 33.6 Å². The summed E-state index contributed by atoms with van der Waals surface area (Å²) in [4.78, 5) is 74.1. The fraction of sp³-hybridized carbons (Fsp3) is 0.360. The molecule has 0 aliphatic carbocycles. The standard InChI is InChI=1S/C25H23B2ClN6O10S2/c1-25(2,3)41-24(39)31-23-30-17(33-45-23)13(32-44-16(22(38)43-27)11-7-5-4-6-8-11)18(35)29-14-19(36)34-15(21(37)42-26)12(9-28)10-46(40)20(14)34/h4-8,14,16,20H,9-10H2,1-3H3,(H,29,35)(H,30,31,33,39)/b32-13-/t14-,16+,20-,46?/m1/s1. The van der Waals surface area contributed by atoms with Gasteiger partial charge in [0.1, 0.15) is 22.7 Å². The number of hydrogen-bond acceptors (Lipinski definition) is 14. The minimum absolute atomic E-state index is 0.103. The number of hydrogen-bond donors (Lipinski definition) is 2. The molecule has 2 aliphatic heterocycles. The summed E-state index contributed by atoms with van der Waals surface area (Å²) in [7, 11) is 8.27. The highest BCUT2D eigenvalue weighted by Crippen LogP contribution is 2.35. The number of β-lactam (4-membered cyclic amide) rings is 1. The number of ether oxygens (including phenoxy) is 1. The maximum Gasteiger partial charge on any atom is 0.414 e. The molecule has 0 bridgehead atoms. The smallest absolute Gasteiger partial charge is 0.414 e. The first-order chi connectivity index (χ1) is 21.8. The Morgan fingerprint density at radius 3 is 2.50 bits per heavy atom. The Morgan fingerprint density at radius 2 is 1.89 bits per heavy atom. The number of carbonyl (C=O) groups is 5. The van der Waals surface area contributed by atoms with Gasteiger partial charge in [-0.05, 0) is 26.3 Å². The SMILES string of the molecule is [B]OC(=O)C1=C(CCl)CS(=O)[C@@H]2[C@H](NC(=O)/C(=N\O[C@H](C(=O)O[B])c3ccccc3)c3nsc(NC(=O)OC(C)(C)C)n3)C(=O)N12. The zero-order valence-corrected chi connectivity index (χ0v) is 26.6. The normalized spacial score (nSPS) is 20.1. The molecule has 4 radical (unpaired) electrons. The van der Waals surface area contributed by atoms with E-state index in [0.29, 0.717) is 11.5 Å². The summed E-state index contributed by atoms with van der Waals surface area (Å²) in [5.74, 6) is -4.93. The second-order valence-corrected chi connectivity index (χ2v) is 12.9. The Kier molecular flexibility index (Phi) is 10.8. The summed E-state index contributed by atoms with van der Waals surface area (Å²) < 4.78 is 30.9. The Balaban J connectivity index is 1.65.